The first kappa shape index (κ1) is 29.9. The van der Waals surface area contributed by atoms with E-state index in [-0.39, 0.29) is 36.0 Å². The summed E-state index contributed by atoms with van der Waals surface area (Å²) in [5.41, 5.74) is 5.34. The summed E-state index contributed by atoms with van der Waals surface area (Å²) >= 11 is 0. The molecule has 32 heavy (non-hydrogen) atoms. The van der Waals surface area contributed by atoms with Crippen LogP contribution in [0.4, 0.5) is 0 Å². The third-order valence-corrected chi connectivity index (χ3v) is 4.75. The topological polar surface area (TPSA) is 85.5 Å². The number of hydrogen-bond acceptors (Lipinski definition) is 4. The predicted octanol–water partition coefficient (Wildman–Crippen LogP) is 0.709. The van der Waals surface area contributed by atoms with Crippen LogP contribution < -0.4 is 34.7 Å². The van der Waals surface area contributed by atoms with Crippen molar-refractivity contribution >= 4 is 16.9 Å². The predicted molar refractivity (Wildman–Crippen MR) is 124 cm³/mol. The Balaban J connectivity index is 0.000000638. The maximum Gasteiger partial charge on any atom is 1.00 e. The first-order chi connectivity index (χ1) is 14.7. The van der Waals surface area contributed by atoms with Gasteiger partial charge in [0.15, 0.2) is 0 Å². The Kier molecular flexibility index (Phi) is 13.9. The molecular formula is C26H32NNaO4. The van der Waals surface area contributed by atoms with Crippen LogP contribution in [0.2, 0.25) is 0 Å². The number of benzene rings is 2. The van der Waals surface area contributed by atoms with Crippen molar-refractivity contribution in [3.63, 3.8) is 0 Å². The fourth-order valence-electron chi connectivity index (χ4n) is 3.70. The molecule has 0 aliphatic rings. The van der Waals surface area contributed by atoms with Gasteiger partial charge in [0.05, 0.1) is 12.2 Å². The van der Waals surface area contributed by atoms with Crippen molar-refractivity contribution in [2.24, 2.45) is 0 Å². The summed E-state index contributed by atoms with van der Waals surface area (Å²) in [4.78, 5) is 9.84. The number of carbonyl (C=O) groups is 1. The largest absolute Gasteiger partial charge is 1.00 e. The van der Waals surface area contributed by atoms with Gasteiger partial charge in [0.25, 0.3) is 0 Å². The first-order valence-electron chi connectivity index (χ1n) is 10.3. The molecule has 2 atom stereocenters. The number of terminal acetylenes is 1. The van der Waals surface area contributed by atoms with Gasteiger partial charge in [-0.25, -0.2) is 0 Å². The number of rotatable bonds is 6. The summed E-state index contributed by atoms with van der Waals surface area (Å²) in [6.45, 7) is 8.20. The molecule has 5 nitrogen and oxygen atoms in total. The van der Waals surface area contributed by atoms with Crippen molar-refractivity contribution in [3.8, 4) is 24.0 Å². The van der Waals surface area contributed by atoms with E-state index in [1.165, 1.54) is 34.6 Å². The SMILES string of the molecule is C#C.CC(O)CC(O)CC(=O)[O-].Cc1c(-c2ccccc2)c2ccccc2n1C(C)C.[Na+]. The summed E-state index contributed by atoms with van der Waals surface area (Å²) < 4.78 is 2.43. The van der Waals surface area contributed by atoms with Crippen LogP contribution in [0.15, 0.2) is 54.6 Å². The maximum atomic E-state index is 9.84. The second kappa shape index (κ2) is 14.9. The van der Waals surface area contributed by atoms with Crippen LogP contribution in [0.1, 0.15) is 45.3 Å². The number of para-hydroxylation sites is 1. The summed E-state index contributed by atoms with van der Waals surface area (Å²) in [5.74, 6) is -1.30. The van der Waals surface area contributed by atoms with Crippen LogP contribution in [-0.2, 0) is 4.79 Å². The summed E-state index contributed by atoms with van der Waals surface area (Å²) in [5, 5.41) is 28.7. The van der Waals surface area contributed by atoms with Gasteiger partial charge in [0.2, 0.25) is 0 Å². The molecule has 0 aliphatic carbocycles. The second-order valence-corrected chi connectivity index (χ2v) is 7.62. The second-order valence-electron chi connectivity index (χ2n) is 7.62. The van der Waals surface area contributed by atoms with E-state index in [9.17, 15) is 9.90 Å². The van der Waals surface area contributed by atoms with E-state index in [4.69, 9.17) is 10.2 Å². The van der Waals surface area contributed by atoms with E-state index in [0.717, 1.165) is 0 Å². The molecule has 0 bridgehead atoms. The third kappa shape index (κ3) is 8.46. The van der Waals surface area contributed by atoms with Crippen molar-refractivity contribution in [1.82, 2.24) is 4.57 Å². The molecule has 2 aromatic carbocycles. The summed E-state index contributed by atoms with van der Waals surface area (Å²) in [6, 6.07) is 19.8. The summed E-state index contributed by atoms with van der Waals surface area (Å²) in [6.07, 6.45) is 6.00. The third-order valence-electron chi connectivity index (χ3n) is 4.75. The molecular weight excluding hydrogens is 413 g/mol. The molecule has 0 fully saturated rings. The zero-order chi connectivity index (χ0) is 23.6. The zero-order valence-electron chi connectivity index (χ0n) is 19.7. The van der Waals surface area contributed by atoms with Crippen molar-refractivity contribution in [2.45, 2.75) is 58.8 Å². The Hall–Kier alpha value is -2.07. The molecule has 2 unspecified atom stereocenters. The molecule has 166 valence electrons. The summed E-state index contributed by atoms with van der Waals surface area (Å²) in [7, 11) is 0. The number of aliphatic hydroxyl groups excluding tert-OH is 2. The Labute approximate surface area is 213 Å². The Bertz CT molecular complexity index is 977. The van der Waals surface area contributed by atoms with Gasteiger partial charge in [-0.05, 0) is 45.7 Å². The molecule has 6 heteroatoms. The van der Waals surface area contributed by atoms with E-state index >= 15 is 0 Å². The van der Waals surface area contributed by atoms with Crippen LogP contribution in [0, 0.1) is 19.8 Å². The number of fused-ring (bicyclic) bond motifs is 1. The number of aliphatic hydroxyl groups is 2. The van der Waals surface area contributed by atoms with Crippen molar-refractivity contribution < 1.29 is 49.7 Å². The monoisotopic (exact) mass is 445 g/mol. The van der Waals surface area contributed by atoms with Gasteiger partial charge in [-0.15, -0.1) is 12.8 Å². The van der Waals surface area contributed by atoms with Crippen LogP contribution in [-0.4, -0.2) is 33.0 Å². The van der Waals surface area contributed by atoms with E-state index < -0.39 is 24.6 Å². The van der Waals surface area contributed by atoms with Crippen molar-refractivity contribution in [3.05, 3.63) is 60.3 Å². The van der Waals surface area contributed by atoms with Gasteiger partial charge in [0, 0.05) is 40.6 Å². The molecule has 0 spiro atoms. The standard InChI is InChI=1S/C18H19N.C6H12O4.C2H2.Na/c1-13(2)19-14(3)18(15-9-5-4-6-10-15)16-11-7-8-12-17(16)19;1-4(7)2-5(8)3-6(9)10;1-2;/h4-13H,1-3H3;4-5,7-8H,2-3H2,1H3,(H,9,10);1-2H;/q;;;+1/p-1. The maximum absolute atomic E-state index is 9.84. The number of hydrogen-bond donors (Lipinski definition) is 2. The van der Waals surface area contributed by atoms with E-state index in [1.807, 2.05) is 0 Å². The smallest absolute Gasteiger partial charge is 0.550 e. The Morgan fingerprint density at radius 2 is 1.53 bits per heavy atom. The minimum Gasteiger partial charge on any atom is -0.550 e. The van der Waals surface area contributed by atoms with E-state index in [1.54, 1.807) is 0 Å². The fourth-order valence-corrected chi connectivity index (χ4v) is 3.70. The first-order valence-corrected chi connectivity index (χ1v) is 10.3. The van der Waals surface area contributed by atoms with Gasteiger partial charge < -0.3 is 24.7 Å². The minimum absolute atomic E-state index is 0. The van der Waals surface area contributed by atoms with Crippen LogP contribution in [0.5, 0.6) is 0 Å². The van der Waals surface area contributed by atoms with Crippen LogP contribution >= 0.6 is 0 Å². The number of aliphatic carboxylic acids is 1. The normalized spacial score (nSPS) is 11.9. The molecule has 1 heterocycles. The molecule has 0 aliphatic heterocycles. The van der Waals surface area contributed by atoms with Gasteiger partial charge in [-0.3, -0.25) is 0 Å². The Morgan fingerprint density at radius 3 is 2.03 bits per heavy atom. The number of carboxylic acid groups (broad SMARTS) is 1. The van der Waals surface area contributed by atoms with E-state index in [0.29, 0.717) is 6.04 Å². The number of aromatic nitrogens is 1. The molecule has 3 aromatic rings. The molecule has 0 radical (unpaired) electrons. The molecule has 0 amide bonds. The van der Waals surface area contributed by atoms with Gasteiger partial charge in [0.1, 0.15) is 0 Å². The zero-order valence-corrected chi connectivity index (χ0v) is 21.7. The molecule has 0 saturated carbocycles. The Morgan fingerprint density at radius 1 is 1.00 bits per heavy atom. The molecule has 2 N–H and O–H groups in total. The van der Waals surface area contributed by atoms with Gasteiger partial charge in [-0.1, -0.05) is 48.5 Å². The van der Waals surface area contributed by atoms with Crippen molar-refractivity contribution in [1.29, 1.82) is 0 Å². The van der Waals surface area contributed by atoms with Gasteiger partial charge in [-0.2, -0.15) is 0 Å². The average Bonchev–Trinajstić information content (AvgIpc) is 3.01. The molecule has 3 rings (SSSR count). The van der Waals surface area contributed by atoms with E-state index in [2.05, 4.69) is 92.8 Å². The minimum atomic E-state index is -1.30. The van der Waals surface area contributed by atoms with Crippen LogP contribution in [0.25, 0.3) is 22.0 Å². The number of carboxylic acids is 1. The number of carbonyl (C=O) groups excluding carboxylic acids is 1. The molecule has 1 aromatic heterocycles. The number of nitrogens with zero attached hydrogens (tertiary/aromatic N) is 1. The average molecular weight is 446 g/mol. The fraction of sp³-hybridized carbons (Fsp3) is 0.346. The van der Waals surface area contributed by atoms with Crippen LogP contribution in [0.3, 0.4) is 0 Å². The molecule has 0 saturated heterocycles. The quantitative estimate of drug-likeness (QED) is 0.432. The van der Waals surface area contributed by atoms with Crippen molar-refractivity contribution in [2.75, 3.05) is 0 Å². The van der Waals surface area contributed by atoms with Gasteiger partial charge >= 0.3 is 29.6 Å².